The molecule has 2 heteroatoms. The van der Waals surface area contributed by atoms with Gasteiger partial charge in [0.2, 0.25) is 0 Å². The summed E-state index contributed by atoms with van der Waals surface area (Å²) in [6, 6.07) is 18.5. The first-order valence-corrected chi connectivity index (χ1v) is 7.54. The van der Waals surface area contributed by atoms with Crippen LogP contribution in [0.25, 0.3) is 16.7 Å². The Labute approximate surface area is 129 Å². The van der Waals surface area contributed by atoms with Crippen molar-refractivity contribution < 1.29 is 9.53 Å². The zero-order valence-corrected chi connectivity index (χ0v) is 12.4. The first kappa shape index (κ1) is 13.1. The van der Waals surface area contributed by atoms with Crippen molar-refractivity contribution in [2.75, 3.05) is 6.61 Å². The second-order valence-electron chi connectivity index (χ2n) is 5.65. The molecule has 1 aliphatic carbocycles. The largest absolute Gasteiger partial charge is 0.462 e. The number of carbonyl (C=O) groups excluding carboxylic acids is 1. The highest BCUT2D eigenvalue weighted by Crippen LogP contribution is 2.47. The number of esters is 1. The van der Waals surface area contributed by atoms with Crippen molar-refractivity contribution in [3.8, 4) is 0 Å². The van der Waals surface area contributed by atoms with E-state index in [1.165, 1.54) is 16.7 Å². The van der Waals surface area contributed by atoms with Crippen molar-refractivity contribution in [1.29, 1.82) is 0 Å². The molecule has 0 saturated heterocycles. The number of benzene rings is 2. The van der Waals surface area contributed by atoms with Crippen molar-refractivity contribution in [2.24, 2.45) is 0 Å². The van der Waals surface area contributed by atoms with E-state index >= 15 is 0 Å². The minimum Gasteiger partial charge on any atom is -0.462 e. The van der Waals surface area contributed by atoms with Gasteiger partial charge in [-0.25, -0.2) is 4.79 Å². The molecule has 1 heterocycles. The molecule has 4 rings (SSSR count). The number of ether oxygens (including phenoxy) is 1. The van der Waals surface area contributed by atoms with Crippen LogP contribution in [0.15, 0.2) is 60.2 Å². The number of carbonyl (C=O) groups is 1. The Morgan fingerprint density at radius 2 is 1.64 bits per heavy atom. The van der Waals surface area contributed by atoms with E-state index < -0.39 is 0 Å². The van der Waals surface area contributed by atoms with E-state index in [1.807, 2.05) is 36.4 Å². The molecular formula is C20H16O2. The molecule has 0 fully saturated rings. The molecule has 0 spiro atoms. The Morgan fingerprint density at radius 1 is 0.955 bits per heavy atom. The van der Waals surface area contributed by atoms with Crippen LogP contribution in [0.1, 0.15) is 30.0 Å². The van der Waals surface area contributed by atoms with E-state index in [-0.39, 0.29) is 5.97 Å². The Balaban J connectivity index is 2.02. The van der Waals surface area contributed by atoms with Crippen molar-refractivity contribution >= 4 is 22.7 Å². The highest BCUT2D eigenvalue weighted by atomic mass is 16.5. The van der Waals surface area contributed by atoms with E-state index in [9.17, 15) is 4.79 Å². The summed E-state index contributed by atoms with van der Waals surface area (Å²) in [5.41, 5.74) is 7.66. The van der Waals surface area contributed by atoms with Crippen molar-refractivity contribution in [3.63, 3.8) is 0 Å². The Morgan fingerprint density at radius 3 is 2.41 bits per heavy atom. The molecule has 0 N–H and O–H groups in total. The van der Waals surface area contributed by atoms with Crippen LogP contribution in [-0.2, 0) is 9.53 Å². The van der Waals surface area contributed by atoms with Crippen LogP contribution in [0.4, 0.5) is 0 Å². The van der Waals surface area contributed by atoms with Crippen molar-refractivity contribution in [2.45, 2.75) is 13.3 Å². The van der Waals surface area contributed by atoms with Gasteiger partial charge in [0.1, 0.15) is 0 Å². The van der Waals surface area contributed by atoms with Gasteiger partial charge in [-0.1, -0.05) is 54.6 Å². The van der Waals surface area contributed by atoms with Gasteiger partial charge in [-0.15, -0.1) is 0 Å². The fraction of sp³-hybridized carbons (Fsp3) is 0.150. The lowest BCUT2D eigenvalue weighted by Crippen LogP contribution is -2.14. The zero-order valence-electron chi connectivity index (χ0n) is 12.4. The maximum absolute atomic E-state index is 12.2. The van der Waals surface area contributed by atoms with Gasteiger partial charge in [-0.05, 0) is 40.3 Å². The standard InChI is InChI=1S/C20H16O2/c1-13(14-7-3-2-4-8-14)18-15-9-5-6-10-16(15)19-17(18)11-12-22-20(19)21/h2-10H,11-12H2,1H3/b18-13-. The van der Waals surface area contributed by atoms with Gasteiger partial charge >= 0.3 is 5.97 Å². The lowest BCUT2D eigenvalue weighted by molar-refractivity contribution is -0.137. The minimum absolute atomic E-state index is 0.190. The summed E-state index contributed by atoms with van der Waals surface area (Å²) >= 11 is 0. The number of rotatable bonds is 1. The first-order valence-electron chi connectivity index (χ1n) is 7.54. The van der Waals surface area contributed by atoms with Crippen LogP contribution < -0.4 is 0 Å². The van der Waals surface area contributed by atoms with Gasteiger partial charge in [0.15, 0.2) is 0 Å². The van der Waals surface area contributed by atoms with Crippen LogP contribution in [-0.4, -0.2) is 12.6 Å². The van der Waals surface area contributed by atoms with Crippen LogP contribution in [0.2, 0.25) is 0 Å². The lowest BCUT2D eigenvalue weighted by Gasteiger charge is -2.17. The van der Waals surface area contributed by atoms with E-state index in [4.69, 9.17) is 4.74 Å². The Kier molecular flexibility index (Phi) is 2.97. The van der Waals surface area contributed by atoms with E-state index in [0.717, 1.165) is 28.7 Å². The molecule has 0 aromatic heterocycles. The van der Waals surface area contributed by atoms with Gasteiger partial charge < -0.3 is 4.74 Å². The third-order valence-corrected chi connectivity index (χ3v) is 4.44. The molecule has 22 heavy (non-hydrogen) atoms. The normalized spacial score (nSPS) is 18.7. The third-order valence-electron chi connectivity index (χ3n) is 4.44. The maximum atomic E-state index is 12.2. The fourth-order valence-corrected chi connectivity index (χ4v) is 3.43. The molecule has 2 aromatic carbocycles. The molecule has 0 unspecified atom stereocenters. The van der Waals surface area contributed by atoms with Crippen LogP contribution >= 0.6 is 0 Å². The molecule has 0 bridgehead atoms. The molecule has 0 amide bonds. The van der Waals surface area contributed by atoms with Crippen LogP contribution in [0.3, 0.4) is 0 Å². The second kappa shape index (κ2) is 4.99. The lowest BCUT2D eigenvalue weighted by atomic mass is 9.92. The van der Waals surface area contributed by atoms with E-state index in [1.54, 1.807) is 0 Å². The summed E-state index contributed by atoms with van der Waals surface area (Å²) in [6.45, 7) is 2.61. The molecule has 1 aliphatic heterocycles. The zero-order chi connectivity index (χ0) is 15.1. The monoisotopic (exact) mass is 288 g/mol. The maximum Gasteiger partial charge on any atom is 0.339 e. The Bertz CT molecular complexity index is 826. The molecule has 0 atom stereocenters. The number of hydrogen-bond donors (Lipinski definition) is 0. The van der Waals surface area contributed by atoms with E-state index in [2.05, 4.69) is 25.1 Å². The van der Waals surface area contributed by atoms with Crippen molar-refractivity contribution in [3.05, 3.63) is 76.9 Å². The van der Waals surface area contributed by atoms with Gasteiger partial charge in [0.25, 0.3) is 0 Å². The van der Waals surface area contributed by atoms with Crippen LogP contribution in [0.5, 0.6) is 0 Å². The van der Waals surface area contributed by atoms with Gasteiger partial charge in [0.05, 0.1) is 12.2 Å². The first-order chi connectivity index (χ1) is 10.8. The topological polar surface area (TPSA) is 26.3 Å². The summed E-state index contributed by atoms with van der Waals surface area (Å²) in [5.74, 6) is -0.190. The molecule has 2 aliphatic rings. The fourth-order valence-electron chi connectivity index (χ4n) is 3.43. The third kappa shape index (κ3) is 1.84. The molecule has 108 valence electrons. The molecule has 0 saturated carbocycles. The molecule has 0 radical (unpaired) electrons. The highest BCUT2D eigenvalue weighted by Gasteiger charge is 2.34. The van der Waals surface area contributed by atoms with Gasteiger partial charge in [-0.3, -0.25) is 0 Å². The SMILES string of the molecule is C/C(=C1/C2=C(C(=O)OCC2)c2ccccc21)c1ccccc1. The van der Waals surface area contributed by atoms with E-state index in [0.29, 0.717) is 6.61 Å². The minimum atomic E-state index is -0.190. The predicted octanol–water partition coefficient (Wildman–Crippen LogP) is 4.33. The smallest absolute Gasteiger partial charge is 0.339 e. The summed E-state index contributed by atoms with van der Waals surface area (Å²) in [4.78, 5) is 12.2. The summed E-state index contributed by atoms with van der Waals surface area (Å²) in [7, 11) is 0. The molecule has 2 aromatic rings. The molecule has 2 nitrogen and oxygen atoms in total. The predicted molar refractivity (Wildman–Crippen MR) is 87.9 cm³/mol. The quantitative estimate of drug-likeness (QED) is 0.730. The second-order valence-corrected chi connectivity index (χ2v) is 5.65. The average Bonchev–Trinajstić information content (AvgIpc) is 2.90. The van der Waals surface area contributed by atoms with Gasteiger partial charge in [0, 0.05) is 6.42 Å². The number of hydrogen-bond acceptors (Lipinski definition) is 2. The Hall–Kier alpha value is -2.61. The summed E-state index contributed by atoms with van der Waals surface area (Å²) < 4.78 is 5.26. The van der Waals surface area contributed by atoms with Crippen molar-refractivity contribution in [1.82, 2.24) is 0 Å². The number of allylic oxidation sites excluding steroid dienone is 2. The van der Waals surface area contributed by atoms with Crippen LogP contribution in [0, 0.1) is 0 Å². The summed E-state index contributed by atoms with van der Waals surface area (Å²) in [6.07, 6.45) is 0.787. The number of fused-ring (bicyclic) bond motifs is 2. The highest BCUT2D eigenvalue weighted by molar-refractivity contribution is 6.27. The average molecular weight is 288 g/mol. The number of cyclic esters (lactones) is 1. The summed E-state index contributed by atoms with van der Waals surface area (Å²) in [5, 5.41) is 0. The van der Waals surface area contributed by atoms with Gasteiger partial charge in [-0.2, -0.15) is 0 Å². The molecular weight excluding hydrogens is 272 g/mol.